The van der Waals surface area contributed by atoms with E-state index in [-0.39, 0.29) is 48.8 Å². The van der Waals surface area contributed by atoms with Crippen molar-refractivity contribution in [2.24, 2.45) is 11.8 Å². The fraction of sp³-hybridized carbons (Fsp3) is 0.386. The third kappa shape index (κ3) is 5.83. The third-order valence-electron chi connectivity index (χ3n) is 12.4. The molecule has 2 fully saturated rings. The van der Waals surface area contributed by atoms with Gasteiger partial charge in [-0.1, -0.05) is 87.5 Å². The second kappa shape index (κ2) is 13.9. The highest BCUT2D eigenvalue weighted by Crippen LogP contribution is 2.60. The summed E-state index contributed by atoms with van der Waals surface area (Å²) in [5.74, 6) is -0.0981. The number of hydrogen-bond acceptors (Lipinski definition) is 7. The first-order chi connectivity index (χ1) is 26.1. The Morgan fingerprint density at radius 2 is 1.65 bits per heavy atom. The van der Waals surface area contributed by atoms with Crippen molar-refractivity contribution >= 4 is 29.3 Å². The van der Waals surface area contributed by atoms with Gasteiger partial charge in [-0.3, -0.25) is 14.5 Å². The molecule has 5 atom stereocenters. The highest BCUT2D eigenvalue weighted by Gasteiger charge is 2.66. The van der Waals surface area contributed by atoms with Crippen LogP contribution in [0.5, 0.6) is 5.75 Å². The Morgan fingerprint density at radius 1 is 0.944 bits per heavy atom. The largest absolute Gasteiger partial charge is 0.497 e. The predicted octanol–water partition coefficient (Wildman–Crippen LogP) is 6.36. The Balaban J connectivity index is 1.15. The number of para-hydroxylation sites is 1. The van der Waals surface area contributed by atoms with Crippen LogP contribution in [0.15, 0.2) is 97.1 Å². The summed E-state index contributed by atoms with van der Waals surface area (Å²) in [5.41, 5.74) is 4.63. The molecule has 0 unspecified atom stereocenters. The molecule has 1 spiro atoms. The fourth-order valence-electron chi connectivity index (χ4n) is 9.55. The minimum absolute atomic E-state index is 0.0604. The number of hydrogen-bond donors (Lipinski definition) is 1. The molecule has 8 rings (SSSR count). The minimum Gasteiger partial charge on any atom is -0.497 e. The monoisotopic (exact) mass is 729 g/mol. The number of nitrogens with zero attached hydrogens (tertiary/aromatic N) is 3. The number of methoxy groups -OCH3 is 1. The van der Waals surface area contributed by atoms with E-state index in [0.717, 1.165) is 44.9 Å². The Kier molecular flexibility index (Phi) is 9.22. The molecular weight excluding hydrogens is 682 g/mol. The lowest BCUT2D eigenvalue weighted by Crippen LogP contribution is -2.48. The molecule has 10 nitrogen and oxygen atoms in total. The lowest BCUT2D eigenvalue weighted by molar-refractivity contribution is -0.151. The van der Waals surface area contributed by atoms with E-state index in [0.29, 0.717) is 32.7 Å². The van der Waals surface area contributed by atoms with Gasteiger partial charge in [0.05, 0.1) is 51.1 Å². The second-order valence-corrected chi connectivity index (χ2v) is 15.5. The molecule has 10 heteroatoms. The van der Waals surface area contributed by atoms with Gasteiger partial charge in [-0.25, -0.2) is 4.79 Å². The summed E-state index contributed by atoms with van der Waals surface area (Å²) in [6, 6.07) is 31.2. The molecule has 4 aliphatic heterocycles. The number of aliphatic hydroxyl groups is 1. The van der Waals surface area contributed by atoms with Gasteiger partial charge in [0.15, 0.2) is 5.60 Å². The molecule has 2 saturated heterocycles. The standard InChI is InChI=1S/C44H47N3O7/c1-28-40(43(2,3)32-15-19-35(52-4)20-16-32)38(24-39(49)46-26-31-10-6-5-9-30(31)23-34(46)27-48)54-44(28)36-11-7-8-12-37(36)47(41(44)50)25-29-13-17-33(18-14-29)45-21-22-53-42(45)51/h5-20,28,34,38,40,48H,21-27H2,1-4H3/t28-,34-,38+,40-,44+/m0/s1. The maximum atomic E-state index is 15.2. The first-order valence-electron chi connectivity index (χ1n) is 18.8. The Morgan fingerprint density at radius 3 is 2.33 bits per heavy atom. The van der Waals surface area contributed by atoms with Gasteiger partial charge in [-0.15, -0.1) is 0 Å². The number of carbonyl (C=O) groups is 3. The van der Waals surface area contributed by atoms with Gasteiger partial charge >= 0.3 is 6.09 Å². The van der Waals surface area contributed by atoms with Gasteiger partial charge in [-0.2, -0.15) is 0 Å². The minimum atomic E-state index is -1.33. The van der Waals surface area contributed by atoms with Crippen LogP contribution >= 0.6 is 0 Å². The van der Waals surface area contributed by atoms with Gasteiger partial charge in [-0.05, 0) is 64.4 Å². The zero-order valence-corrected chi connectivity index (χ0v) is 31.2. The molecule has 1 N–H and O–H groups in total. The van der Waals surface area contributed by atoms with Crippen LogP contribution in [0.3, 0.4) is 0 Å². The van der Waals surface area contributed by atoms with Gasteiger partial charge in [0.25, 0.3) is 5.91 Å². The van der Waals surface area contributed by atoms with Crippen molar-refractivity contribution in [3.63, 3.8) is 0 Å². The Bertz CT molecular complexity index is 2070. The number of anilines is 2. The fourth-order valence-corrected chi connectivity index (χ4v) is 9.55. The summed E-state index contributed by atoms with van der Waals surface area (Å²) >= 11 is 0. The molecule has 0 radical (unpaired) electrons. The molecule has 280 valence electrons. The van der Waals surface area contributed by atoms with E-state index in [2.05, 4.69) is 39.0 Å². The number of rotatable bonds is 9. The van der Waals surface area contributed by atoms with Gasteiger partial charge in [0.1, 0.15) is 12.4 Å². The molecule has 4 aromatic rings. The average Bonchev–Trinajstić information content (AvgIpc) is 3.83. The lowest BCUT2D eigenvalue weighted by Gasteiger charge is -2.40. The highest BCUT2D eigenvalue weighted by molar-refractivity contribution is 6.07. The van der Waals surface area contributed by atoms with E-state index in [4.69, 9.17) is 14.2 Å². The lowest BCUT2D eigenvalue weighted by atomic mass is 9.63. The molecule has 0 aliphatic carbocycles. The number of ether oxygens (including phenoxy) is 3. The van der Waals surface area contributed by atoms with Crippen molar-refractivity contribution in [1.82, 2.24) is 4.90 Å². The molecule has 3 amide bonds. The Labute approximate surface area is 316 Å². The van der Waals surface area contributed by atoms with Crippen molar-refractivity contribution < 1.29 is 33.7 Å². The molecule has 54 heavy (non-hydrogen) atoms. The average molecular weight is 730 g/mol. The number of aliphatic hydroxyl groups excluding tert-OH is 1. The van der Waals surface area contributed by atoms with E-state index in [1.165, 1.54) is 0 Å². The zero-order valence-electron chi connectivity index (χ0n) is 31.2. The molecule has 0 aromatic heterocycles. The third-order valence-corrected chi connectivity index (χ3v) is 12.4. The second-order valence-electron chi connectivity index (χ2n) is 15.5. The molecule has 4 heterocycles. The summed E-state index contributed by atoms with van der Waals surface area (Å²) in [7, 11) is 1.64. The Hall–Kier alpha value is -5.19. The van der Waals surface area contributed by atoms with Crippen LogP contribution < -0.4 is 14.5 Å². The van der Waals surface area contributed by atoms with Crippen molar-refractivity contribution in [3.8, 4) is 5.75 Å². The predicted molar refractivity (Wildman–Crippen MR) is 204 cm³/mol. The van der Waals surface area contributed by atoms with Crippen LogP contribution in [0, 0.1) is 11.8 Å². The van der Waals surface area contributed by atoms with Crippen molar-refractivity contribution in [1.29, 1.82) is 0 Å². The van der Waals surface area contributed by atoms with Gasteiger partial charge < -0.3 is 29.1 Å². The molecule has 0 saturated carbocycles. The van der Waals surface area contributed by atoms with Gasteiger partial charge in [0, 0.05) is 29.6 Å². The number of benzene rings is 4. The summed E-state index contributed by atoms with van der Waals surface area (Å²) < 4.78 is 17.8. The van der Waals surface area contributed by atoms with Crippen molar-refractivity contribution in [2.45, 2.75) is 69.9 Å². The topological polar surface area (TPSA) is 109 Å². The van der Waals surface area contributed by atoms with E-state index >= 15 is 4.79 Å². The van der Waals surface area contributed by atoms with Crippen LogP contribution in [0.1, 0.15) is 55.0 Å². The highest BCUT2D eigenvalue weighted by atomic mass is 16.6. The maximum absolute atomic E-state index is 15.2. The molecular formula is C44H47N3O7. The van der Waals surface area contributed by atoms with Crippen LogP contribution in [-0.4, -0.2) is 66.9 Å². The van der Waals surface area contributed by atoms with Gasteiger partial charge in [0.2, 0.25) is 5.91 Å². The zero-order chi connectivity index (χ0) is 37.8. The first-order valence-corrected chi connectivity index (χ1v) is 18.8. The summed E-state index contributed by atoms with van der Waals surface area (Å²) in [6.45, 7) is 7.86. The van der Waals surface area contributed by atoms with Crippen molar-refractivity contribution in [3.05, 3.63) is 125 Å². The molecule has 4 aromatic carbocycles. The summed E-state index contributed by atoms with van der Waals surface area (Å²) in [4.78, 5) is 47.0. The van der Waals surface area contributed by atoms with Crippen LogP contribution in [0.25, 0.3) is 0 Å². The normalized spacial score (nSPS) is 24.9. The van der Waals surface area contributed by atoms with Crippen LogP contribution in [0.4, 0.5) is 16.2 Å². The van der Waals surface area contributed by atoms with Crippen LogP contribution in [0.2, 0.25) is 0 Å². The summed E-state index contributed by atoms with van der Waals surface area (Å²) in [6.07, 6.45) is -0.338. The van der Waals surface area contributed by atoms with E-state index in [1.54, 1.807) is 21.8 Å². The van der Waals surface area contributed by atoms with E-state index < -0.39 is 17.1 Å². The maximum Gasteiger partial charge on any atom is 0.414 e. The number of cyclic esters (lactones) is 1. The smallest absolute Gasteiger partial charge is 0.414 e. The number of amides is 3. The molecule has 4 aliphatic rings. The van der Waals surface area contributed by atoms with Crippen LogP contribution in [-0.2, 0) is 49.6 Å². The van der Waals surface area contributed by atoms with E-state index in [9.17, 15) is 14.7 Å². The molecule has 0 bridgehead atoms. The SMILES string of the molecule is COc1ccc(C(C)(C)[C@@H]2[C@@H](CC(=O)N3Cc4ccccc4C[C@H]3CO)O[C@]3(C(=O)N(Cc4ccc(N5CCOC5=O)cc4)c4ccccc43)[C@H]2C)cc1. The number of carbonyl (C=O) groups excluding carboxylic acids is 3. The first kappa shape index (κ1) is 35.8. The quantitative estimate of drug-likeness (QED) is 0.214. The van der Waals surface area contributed by atoms with Crippen molar-refractivity contribution in [2.75, 3.05) is 36.7 Å². The van der Waals surface area contributed by atoms with E-state index in [1.807, 2.05) is 78.9 Å². The number of fused-ring (bicyclic) bond motifs is 3. The summed E-state index contributed by atoms with van der Waals surface area (Å²) in [5, 5.41) is 10.4.